The third-order valence-corrected chi connectivity index (χ3v) is 7.08. The number of carbonyl (C=O) groups excluding carboxylic acids is 2. The smallest absolute Gasteiger partial charge is 0.186 e. The minimum Gasteiger partial charge on any atom is -0.394 e. The van der Waals surface area contributed by atoms with Gasteiger partial charge in [-0.3, -0.25) is 19.2 Å². The summed E-state index contributed by atoms with van der Waals surface area (Å²) in [5.41, 5.74) is 2.16. The maximum absolute atomic E-state index is 14.7. The first kappa shape index (κ1) is 22.9. The Kier molecular flexibility index (Phi) is 7.23. The van der Waals surface area contributed by atoms with Crippen LogP contribution >= 0.6 is 11.8 Å². The molecule has 0 spiro atoms. The minimum atomic E-state index is -0.623. The van der Waals surface area contributed by atoms with E-state index in [-0.39, 0.29) is 34.5 Å². The zero-order chi connectivity index (χ0) is 22.7. The van der Waals surface area contributed by atoms with Crippen LogP contribution in [-0.2, 0) is 16.1 Å². The van der Waals surface area contributed by atoms with Crippen LogP contribution in [-0.4, -0.2) is 55.6 Å². The predicted molar refractivity (Wildman–Crippen MR) is 122 cm³/mol. The summed E-state index contributed by atoms with van der Waals surface area (Å²) >= 11 is 1.29. The van der Waals surface area contributed by atoms with E-state index in [2.05, 4.69) is 5.10 Å². The number of halogens is 1. The first-order valence-corrected chi connectivity index (χ1v) is 11.9. The fourth-order valence-electron chi connectivity index (χ4n) is 4.27. The van der Waals surface area contributed by atoms with Crippen molar-refractivity contribution in [1.82, 2.24) is 14.7 Å². The molecular weight excluding hydrogens is 429 g/mol. The Hall–Kier alpha value is -2.29. The zero-order valence-electron chi connectivity index (χ0n) is 18.1. The van der Waals surface area contributed by atoms with Gasteiger partial charge in [-0.05, 0) is 43.0 Å². The van der Waals surface area contributed by atoms with Gasteiger partial charge in [-0.1, -0.05) is 30.0 Å². The van der Waals surface area contributed by atoms with Gasteiger partial charge in [-0.25, -0.2) is 4.39 Å². The predicted octanol–water partition coefficient (Wildman–Crippen LogP) is 3.47. The van der Waals surface area contributed by atoms with Crippen LogP contribution in [0.2, 0.25) is 0 Å². The van der Waals surface area contributed by atoms with E-state index in [0.717, 1.165) is 24.1 Å². The number of ketones is 1. The highest BCUT2D eigenvalue weighted by Gasteiger charge is 2.41. The largest absolute Gasteiger partial charge is 0.394 e. The van der Waals surface area contributed by atoms with E-state index in [0.29, 0.717) is 31.6 Å². The average molecular weight is 458 g/mol. The number of nitrogens with zero attached hydrogens (tertiary/aromatic N) is 3. The highest BCUT2D eigenvalue weighted by Crippen LogP contribution is 2.40. The van der Waals surface area contributed by atoms with Crippen molar-refractivity contribution in [3.8, 4) is 0 Å². The normalized spacial score (nSPS) is 21.6. The van der Waals surface area contributed by atoms with Gasteiger partial charge in [0.25, 0.3) is 0 Å². The molecule has 1 aliphatic heterocycles. The number of carbonyl (C=O) groups is 2. The van der Waals surface area contributed by atoms with Crippen LogP contribution in [0.25, 0.3) is 6.08 Å². The van der Waals surface area contributed by atoms with Crippen molar-refractivity contribution >= 4 is 28.7 Å². The Labute approximate surface area is 191 Å². The molecule has 2 aliphatic rings. The highest BCUT2D eigenvalue weighted by molar-refractivity contribution is 8.14. The summed E-state index contributed by atoms with van der Waals surface area (Å²) in [6.07, 6.45) is 6.18. The zero-order valence-corrected chi connectivity index (χ0v) is 18.9. The molecule has 2 heterocycles. The van der Waals surface area contributed by atoms with E-state index in [9.17, 15) is 14.0 Å². The van der Waals surface area contributed by atoms with Crippen LogP contribution in [0.4, 0.5) is 4.39 Å². The molecule has 1 saturated carbocycles. The van der Waals surface area contributed by atoms with Gasteiger partial charge in [-0.15, -0.1) is 0 Å². The summed E-state index contributed by atoms with van der Waals surface area (Å²) in [4.78, 5) is 27.1. The van der Waals surface area contributed by atoms with Crippen molar-refractivity contribution in [3.63, 3.8) is 0 Å². The molecule has 1 aromatic carbocycles. The maximum Gasteiger partial charge on any atom is 0.186 e. The van der Waals surface area contributed by atoms with Gasteiger partial charge in [0.15, 0.2) is 10.9 Å². The third-order valence-electron chi connectivity index (χ3n) is 5.92. The number of benzene rings is 1. The first-order valence-electron chi connectivity index (χ1n) is 11.0. The quantitative estimate of drug-likeness (QED) is 0.654. The van der Waals surface area contributed by atoms with Crippen LogP contribution in [0.5, 0.6) is 0 Å². The third kappa shape index (κ3) is 5.36. The lowest BCUT2D eigenvalue weighted by atomic mass is 9.93. The summed E-state index contributed by atoms with van der Waals surface area (Å²) in [5.74, 6) is -0.273. The minimum absolute atomic E-state index is 0.00187. The maximum atomic E-state index is 14.7. The molecule has 1 N–H and O–H groups in total. The number of aromatic nitrogens is 2. The lowest BCUT2D eigenvalue weighted by Gasteiger charge is -2.38. The summed E-state index contributed by atoms with van der Waals surface area (Å²) in [5, 5.41) is 13.6. The number of rotatable bonds is 8. The lowest BCUT2D eigenvalue weighted by molar-refractivity contribution is -0.126. The van der Waals surface area contributed by atoms with E-state index in [1.54, 1.807) is 36.0 Å². The Morgan fingerprint density at radius 2 is 2.06 bits per heavy atom. The van der Waals surface area contributed by atoms with Crippen LogP contribution < -0.4 is 0 Å². The molecule has 1 aliphatic carbocycles. The van der Waals surface area contributed by atoms with Gasteiger partial charge in [0.1, 0.15) is 5.82 Å². The van der Waals surface area contributed by atoms with Crippen molar-refractivity contribution < 1.29 is 19.1 Å². The molecule has 32 heavy (non-hydrogen) atoms. The molecule has 170 valence electrons. The number of hydrogen-bond donors (Lipinski definition) is 1. The number of aliphatic hydroxyl groups excluding tert-OH is 1. The molecule has 0 bridgehead atoms. The van der Waals surface area contributed by atoms with Gasteiger partial charge in [0.05, 0.1) is 24.9 Å². The van der Waals surface area contributed by atoms with E-state index in [4.69, 9.17) is 5.11 Å². The second-order valence-corrected chi connectivity index (χ2v) is 9.78. The van der Waals surface area contributed by atoms with Crippen molar-refractivity contribution in [2.75, 3.05) is 19.7 Å². The SMILES string of the molecule is CC(=O)SC1CCN(C(C(=O)C2CC2)c2ccccc2F)C/C1=C\c1ccn(CCO)n1. The lowest BCUT2D eigenvalue weighted by Crippen LogP contribution is -2.43. The molecule has 6 nitrogen and oxygen atoms in total. The van der Waals surface area contributed by atoms with Crippen molar-refractivity contribution in [2.45, 2.75) is 44.0 Å². The number of Topliss-reactive ketones (excluding diaryl/α,β-unsaturated/α-hetero) is 1. The Balaban J connectivity index is 1.65. The monoisotopic (exact) mass is 457 g/mol. The van der Waals surface area contributed by atoms with E-state index in [1.807, 2.05) is 17.0 Å². The summed E-state index contributed by atoms with van der Waals surface area (Å²) in [7, 11) is 0. The molecule has 4 rings (SSSR count). The Bertz CT molecular complexity index is 1020. The van der Waals surface area contributed by atoms with Crippen molar-refractivity contribution in [3.05, 3.63) is 59.2 Å². The molecule has 1 aromatic heterocycles. The molecule has 2 unspecified atom stereocenters. The number of piperidine rings is 1. The number of thioether (sulfide) groups is 1. The van der Waals surface area contributed by atoms with Crippen LogP contribution in [0.15, 0.2) is 42.1 Å². The second-order valence-electron chi connectivity index (χ2n) is 8.40. The topological polar surface area (TPSA) is 75.4 Å². The van der Waals surface area contributed by atoms with Crippen LogP contribution in [0, 0.1) is 11.7 Å². The van der Waals surface area contributed by atoms with E-state index >= 15 is 0 Å². The molecule has 0 radical (unpaired) electrons. The molecule has 1 saturated heterocycles. The average Bonchev–Trinajstić information content (AvgIpc) is 3.52. The van der Waals surface area contributed by atoms with Gasteiger partial charge in [0, 0.05) is 42.9 Å². The van der Waals surface area contributed by atoms with Crippen molar-refractivity contribution in [1.29, 1.82) is 0 Å². The molecule has 2 aromatic rings. The van der Waals surface area contributed by atoms with Gasteiger partial charge >= 0.3 is 0 Å². The number of aliphatic hydroxyl groups is 1. The van der Waals surface area contributed by atoms with Gasteiger partial charge in [0.2, 0.25) is 0 Å². The van der Waals surface area contributed by atoms with Crippen molar-refractivity contribution in [2.24, 2.45) is 5.92 Å². The highest BCUT2D eigenvalue weighted by atomic mass is 32.2. The fourth-order valence-corrected chi connectivity index (χ4v) is 5.18. The van der Waals surface area contributed by atoms with E-state index < -0.39 is 6.04 Å². The molecular formula is C24H28FN3O3S. The van der Waals surface area contributed by atoms with Crippen LogP contribution in [0.1, 0.15) is 43.5 Å². The summed E-state index contributed by atoms with van der Waals surface area (Å²) < 4.78 is 16.4. The standard InChI is InChI=1S/C24H28FN3O3S/c1-16(30)32-22-9-10-27(15-18(22)14-19-8-11-28(26-19)12-13-29)23(24(31)17-6-7-17)20-4-2-3-5-21(20)25/h2-5,8,11,14,17,22-23,29H,6-7,9-10,12-13,15H2,1H3/b18-14+. The molecule has 2 fully saturated rings. The molecule has 2 atom stereocenters. The van der Waals surface area contributed by atoms with Gasteiger partial charge in [-0.2, -0.15) is 5.10 Å². The Morgan fingerprint density at radius 3 is 2.75 bits per heavy atom. The molecule has 8 heteroatoms. The number of hydrogen-bond acceptors (Lipinski definition) is 6. The van der Waals surface area contributed by atoms with Gasteiger partial charge < -0.3 is 5.11 Å². The summed E-state index contributed by atoms with van der Waals surface area (Å²) in [6, 6.07) is 7.76. The molecule has 0 amide bonds. The second kappa shape index (κ2) is 10.1. The summed E-state index contributed by atoms with van der Waals surface area (Å²) in [6.45, 7) is 3.05. The Morgan fingerprint density at radius 1 is 1.28 bits per heavy atom. The fraction of sp³-hybridized carbons (Fsp3) is 0.458. The first-order chi connectivity index (χ1) is 15.5. The van der Waals surface area contributed by atoms with Crippen LogP contribution in [0.3, 0.4) is 0 Å². The number of likely N-dealkylation sites (tertiary alicyclic amines) is 1. The van der Waals surface area contributed by atoms with E-state index in [1.165, 1.54) is 17.8 Å².